The van der Waals surface area contributed by atoms with E-state index < -0.39 is 5.97 Å². The van der Waals surface area contributed by atoms with Gasteiger partial charge >= 0.3 is 5.97 Å². The summed E-state index contributed by atoms with van der Waals surface area (Å²) in [7, 11) is 0. The van der Waals surface area contributed by atoms with E-state index in [1.54, 1.807) is 0 Å². The Kier molecular flexibility index (Phi) is 4.74. The smallest absolute Gasteiger partial charge is 0.306 e. The van der Waals surface area contributed by atoms with Gasteiger partial charge in [-0.25, -0.2) is 0 Å². The fourth-order valence-electron chi connectivity index (χ4n) is 2.70. The van der Waals surface area contributed by atoms with Gasteiger partial charge in [-0.1, -0.05) is 24.3 Å². The van der Waals surface area contributed by atoms with Gasteiger partial charge in [0.25, 0.3) is 0 Å². The van der Waals surface area contributed by atoms with Crippen LogP contribution >= 0.6 is 0 Å². The monoisotopic (exact) mass is 326 g/mol. The highest BCUT2D eigenvalue weighted by Crippen LogP contribution is 2.39. The zero-order chi connectivity index (χ0) is 17.1. The number of hydrogen-bond acceptors (Lipinski definition) is 3. The van der Waals surface area contributed by atoms with Crippen LogP contribution in [0.2, 0.25) is 0 Å². The molecular formula is C20H22O4. The minimum Gasteiger partial charge on any atom is -0.493 e. The van der Waals surface area contributed by atoms with Gasteiger partial charge in [0.15, 0.2) is 0 Å². The summed E-state index contributed by atoms with van der Waals surface area (Å²) in [4.78, 5) is 10.8. The van der Waals surface area contributed by atoms with Gasteiger partial charge in [-0.3, -0.25) is 4.79 Å². The average Bonchev–Trinajstić information content (AvgIpc) is 3.33. The topological polar surface area (TPSA) is 55.8 Å². The van der Waals surface area contributed by atoms with Gasteiger partial charge in [0.2, 0.25) is 0 Å². The van der Waals surface area contributed by atoms with Crippen molar-refractivity contribution in [1.82, 2.24) is 0 Å². The number of hydrogen-bond donors (Lipinski definition) is 1. The van der Waals surface area contributed by atoms with E-state index in [-0.39, 0.29) is 17.9 Å². The molecule has 24 heavy (non-hydrogen) atoms. The molecule has 2 aromatic rings. The maximum Gasteiger partial charge on any atom is 0.306 e. The summed E-state index contributed by atoms with van der Waals surface area (Å²) < 4.78 is 11.4. The highest BCUT2D eigenvalue weighted by Gasteiger charge is 2.43. The number of carboxylic acids is 1. The van der Waals surface area contributed by atoms with E-state index in [2.05, 4.69) is 0 Å². The van der Waals surface area contributed by atoms with E-state index in [4.69, 9.17) is 14.6 Å². The molecular weight excluding hydrogens is 304 g/mol. The van der Waals surface area contributed by atoms with E-state index in [0.29, 0.717) is 6.61 Å². The van der Waals surface area contributed by atoms with E-state index in [9.17, 15) is 4.79 Å². The Morgan fingerprint density at radius 3 is 2.50 bits per heavy atom. The van der Waals surface area contributed by atoms with Crippen molar-refractivity contribution in [2.45, 2.75) is 26.4 Å². The van der Waals surface area contributed by atoms with Crippen LogP contribution in [0.25, 0.3) is 11.1 Å². The molecule has 4 heteroatoms. The Labute approximate surface area is 142 Å². The summed E-state index contributed by atoms with van der Waals surface area (Å²) in [6.07, 6.45) is 0.865. The first-order valence-corrected chi connectivity index (χ1v) is 8.25. The summed E-state index contributed by atoms with van der Waals surface area (Å²) in [6, 6.07) is 15.9. The van der Waals surface area contributed by atoms with Crippen LogP contribution in [-0.4, -0.2) is 23.8 Å². The maximum absolute atomic E-state index is 10.8. The summed E-state index contributed by atoms with van der Waals surface area (Å²) in [5.74, 6) is 0.822. The Morgan fingerprint density at radius 1 is 1.12 bits per heavy atom. The lowest BCUT2D eigenvalue weighted by atomic mass is 10.1. The second kappa shape index (κ2) is 6.95. The third-order valence-corrected chi connectivity index (χ3v) is 4.10. The van der Waals surface area contributed by atoms with Crippen LogP contribution in [0.1, 0.15) is 20.3 Å². The molecule has 126 valence electrons. The van der Waals surface area contributed by atoms with Crippen molar-refractivity contribution in [1.29, 1.82) is 0 Å². The van der Waals surface area contributed by atoms with Crippen molar-refractivity contribution < 1.29 is 19.4 Å². The zero-order valence-corrected chi connectivity index (χ0v) is 13.9. The second-order valence-corrected chi connectivity index (χ2v) is 6.47. The summed E-state index contributed by atoms with van der Waals surface area (Å²) >= 11 is 0. The van der Waals surface area contributed by atoms with Gasteiger partial charge in [0.1, 0.15) is 11.5 Å². The fraction of sp³-hybridized carbons (Fsp3) is 0.350. The van der Waals surface area contributed by atoms with Gasteiger partial charge in [-0.05, 0) is 55.7 Å². The van der Waals surface area contributed by atoms with Gasteiger partial charge in [-0.15, -0.1) is 0 Å². The highest BCUT2D eigenvalue weighted by atomic mass is 16.5. The van der Waals surface area contributed by atoms with Crippen molar-refractivity contribution >= 4 is 5.97 Å². The zero-order valence-electron chi connectivity index (χ0n) is 13.9. The molecule has 0 bridgehead atoms. The highest BCUT2D eigenvalue weighted by molar-refractivity contribution is 5.73. The molecule has 0 aliphatic heterocycles. The van der Waals surface area contributed by atoms with Crippen LogP contribution in [0.15, 0.2) is 48.5 Å². The van der Waals surface area contributed by atoms with Gasteiger partial charge in [-0.2, -0.15) is 0 Å². The van der Waals surface area contributed by atoms with Gasteiger partial charge in [0, 0.05) is 5.92 Å². The second-order valence-electron chi connectivity index (χ2n) is 6.47. The molecule has 1 fully saturated rings. The SMILES string of the molecule is CC(C)Oc1cccc(-c2ccc(OC[C@@H]3C[C@H]3C(=O)O)cc2)c1. The number of carbonyl (C=O) groups is 1. The fourth-order valence-corrected chi connectivity index (χ4v) is 2.70. The number of rotatable bonds is 7. The van der Waals surface area contributed by atoms with E-state index in [1.807, 2.05) is 62.4 Å². The Balaban J connectivity index is 1.61. The van der Waals surface area contributed by atoms with Gasteiger partial charge < -0.3 is 14.6 Å². The Morgan fingerprint density at radius 2 is 1.88 bits per heavy atom. The molecule has 2 atom stereocenters. The predicted molar refractivity (Wildman–Crippen MR) is 92.4 cm³/mol. The lowest BCUT2D eigenvalue weighted by Gasteiger charge is -2.11. The summed E-state index contributed by atoms with van der Waals surface area (Å²) in [5.41, 5.74) is 2.18. The molecule has 3 rings (SSSR count). The third kappa shape index (κ3) is 4.07. The molecule has 0 saturated heterocycles. The molecule has 2 aromatic carbocycles. The van der Waals surface area contributed by atoms with Crippen LogP contribution in [0, 0.1) is 11.8 Å². The number of ether oxygens (including phenoxy) is 2. The van der Waals surface area contributed by atoms with E-state index in [1.165, 1.54) is 0 Å². The van der Waals surface area contributed by atoms with Crippen molar-refractivity contribution in [3.05, 3.63) is 48.5 Å². The van der Waals surface area contributed by atoms with Crippen molar-refractivity contribution in [2.24, 2.45) is 11.8 Å². The lowest BCUT2D eigenvalue weighted by Crippen LogP contribution is -2.06. The van der Waals surface area contributed by atoms with Crippen molar-refractivity contribution in [2.75, 3.05) is 6.61 Å². The average molecular weight is 326 g/mol. The van der Waals surface area contributed by atoms with E-state index >= 15 is 0 Å². The minimum atomic E-state index is -0.720. The summed E-state index contributed by atoms with van der Waals surface area (Å²) in [6.45, 7) is 4.48. The minimum absolute atomic E-state index is 0.145. The molecule has 1 aliphatic carbocycles. The molecule has 1 N–H and O–H groups in total. The largest absolute Gasteiger partial charge is 0.493 e. The van der Waals surface area contributed by atoms with Crippen LogP contribution in [0.3, 0.4) is 0 Å². The molecule has 1 aliphatic rings. The quantitative estimate of drug-likeness (QED) is 0.827. The number of aliphatic carboxylic acids is 1. The predicted octanol–water partition coefficient (Wildman–Crippen LogP) is 4.24. The molecule has 0 heterocycles. The first kappa shape index (κ1) is 16.4. The first-order valence-electron chi connectivity index (χ1n) is 8.25. The molecule has 0 unspecified atom stereocenters. The molecule has 0 radical (unpaired) electrons. The maximum atomic E-state index is 10.8. The first-order chi connectivity index (χ1) is 11.5. The number of benzene rings is 2. The number of carboxylic acid groups (broad SMARTS) is 1. The molecule has 1 saturated carbocycles. The molecule has 0 aromatic heterocycles. The Bertz CT molecular complexity index is 706. The van der Waals surface area contributed by atoms with Crippen LogP contribution in [0.4, 0.5) is 0 Å². The molecule has 0 spiro atoms. The summed E-state index contributed by atoms with van der Waals surface area (Å²) in [5, 5.41) is 8.89. The van der Waals surface area contributed by atoms with Crippen molar-refractivity contribution in [3.63, 3.8) is 0 Å². The van der Waals surface area contributed by atoms with Crippen LogP contribution < -0.4 is 9.47 Å². The van der Waals surface area contributed by atoms with Gasteiger partial charge in [0.05, 0.1) is 18.6 Å². The lowest BCUT2D eigenvalue weighted by molar-refractivity contribution is -0.138. The molecule has 4 nitrogen and oxygen atoms in total. The standard InChI is InChI=1S/C20H22O4/c1-13(2)24-18-5-3-4-15(10-18)14-6-8-17(9-7-14)23-12-16-11-19(16)20(21)22/h3-10,13,16,19H,11-12H2,1-2H3,(H,21,22)/t16-,19+/m0/s1. The normalized spacial score (nSPS) is 19.1. The van der Waals surface area contributed by atoms with Crippen LogP contribution in [-0.2, 0) is 4.79 Å². The van der Waals surface area contributed by atoms with Crippen molar-refractivity contribution in [3.8, 4) is 22.6 Å². The van der Waals surface area contributed by atoms with E-state index in [0.717, 1.165) is 29.0 Å². The third-order valence-electron chi connectivity index (χ3n) is 4.10. The Hall–Kier alpha value is -2.49. The van der Waals surface area contributed by atoms with Crippen LogP contribution in [0.5, 0.6) is 11.5 Å². The molecule has 0 amide bonds.